The number of aromatic nitrogens is 2. The molecule has 2 atom stereocenters. The van der Waals surface area contributed by atoms with Crippen LogP contribution in [0.15, 0.2) is 6.08 Å². The fourth-order valence-electron chi connectivity index (χ4n) is 3.12. The minimum atomic E-state index is -0.184. The summed E-state index contributed by atoms with van der Waals surface area (Å²) < 4.78 is 20.9. The van der Waals surface area contributed by atoms with E-state index in [1.165, 1.54) is 31.0 Å². The van der Waals surface area contributed by atoms with Crippen molar-refractivity contribution < 1.29 is 18.8 Å². The highest BCUT2D eigenvalue weighted by molar-refractivity contribution is 6.99. The second kappa shape index (κ2) is 10.0. The molecule has 146 valence electrons. The van der Waals surface area contributed by atoms with Crippen molar-refractivity contribution in [3.63, 3.8) is 0 Å². The molecule has 0 N–H and O–H groups in total. The van der Waals surface area contributed by atoms with E-state index in [0.29, 0.717) is 23.4 Å². The van der Waals surface area contributed by atoms with Crippen LogP contribution in [0.3, 0.4) is 0 Å². The van der Waals surface area contributed by atoms with Crippen molar-refractivity contribution in [3.8, 4) is 5.88 Å². The number of ether oxygens (including phenoxy) is 2. The summed E-state index contributed by atoms with van der Waals surface area (Å²) in [6, 6.07) is 0. The fourth-order valence-corrected chi connectivity index (χ4v) is 3.65. The zero-order chi connectivity index (χ0) is 19.0. The van der Waals surface area contributed by atoms with E-state index >= 15 is 0 Å². The fraction of sp³-hybridized carbons (Fsp3) is 0.737. The van der Waals surface area contributed by atoms with Crippen LogP contribution in [0, 0.1) is 0 Å². The molecule has 0 aliphatic carbocycles. The molecule has 6 nitrogen and oxygen atoms in total. The van der Waals surface area contributed by atoms with E-state index in [0.717, 1.165) is 37.2 Å². The molecule has 0 saturated heterocycles. The first kappa shape index (κ1) is 20.8. The van der Waals surface area contributed by atoms with Gasteiger partial charge in [0.25, 0.3) is 5.88 Å². The van der Waals surface area contributed by atoms with E-state index in [-0.39, 0.29) is 12.2 Å². The van der Waals surface area contributed by atoms with Crippen LogP contribution in [-0.2, 0) is 9.53 Å². The van der Waals surface area contributed by atoms with Gasteiger partial charge in [-0.1, -0.05) is 39.2 Å². The number of hydrogen-bond donors (Lipinski definition) is 0. The normalized spacial score (nSPS) is 21.2. The van der Waals surface area contributed by atoms with Gasteiger partial charge in [-0.3, -0.25) is 9.28 Å². The van der Waals surface area contributed by atoms with Gasteiger partial charge in [0.15, 0.2) is 0 Å². The zero-order valence-electron chi connectivity index (χ0n) is 16.5. The number of unbranched alkanes of at least 4 members (excludes halogenated alkanes) is 3. The molecule has 0 amide bonds. The number of esters is 1. The number of carbonyl (C=O) groups excluding carboxylic acids is 1. The van der Waals surface area contributed by atoms with Crippen LogP contribution in [0.2, 0.25) is 0 Å². The number of quaternary nitrogens is 1. The van der Waals surface area contributed by atoms with Crippen molar-refractivity contribution in [1.29, 1.82) is 0 Å². The van der Waals surface area contributed by atoms with Gasteiger partial charge in [-0.05, 0) is 6.42 Å². The summed E-state index contributed by atoms with van der Waals surface area (Å²) in [5.74, 6) is 0.490. The van der Waals surface area contributed by atoms with Gasteiger partial charge < -0.3 is 9.47 Å². The molecule has 2 unspecified atom stereocenters. The van der Waals surface area contributed by atoms with Crippen LogP contribution in [-0.4, -0.2) is 52.2 Å². The second-order valence-electron chi connectivity index (χ2n) is 7.15. The maximum Gasteiger partial charge on any atom is 0.309 e. The van der Waals surface area contributed by atoms with Crippen molar-refractivity contribution in [1.82, 2.24) is 8.75 Å². The summed E-state index contributed by atoms with van der Waals surface area (Å²) in [6.45, 7) is 8.38. The Morgan fingerprint density at radius 2 is 2.12 bits per heavy atom. The smallest absolute Gasteiger partial charge is 0.309 e. The average molecular weight is 383 g/mol. The molecule has 2 rings (SSSR count). The first-order valence-corrected chi connectivity index (χ1v) is 10.4. The maximum absolute atomic E-state index is 11.7. The highest BCUT2D eigenvalue weighted by atomic mass is 32.1. The number of nitrogens with zero attached hydrogens (tertiary/aromatic N) is 3. The summed E-state index contributed by atoms with van der Waals surface area (Å²) >= 11 is 1.19. The number of rotatable bonds is 10. The number of carbonyl (C=O) groups is 1. The molecule has 1 aromatic rings. The average Bonchev–Trinajstić information content (AvgIpc) is 3.10. The molecule has 0 bridgehead atoms. The minimum Gasteiger partial charge on any atom is -0.475 e. The Morgan fingerprint density at radius 3 is 2.85 bits per heavy atom. The summed E-state index contributed by atoms with van der Waals surface area (Å²) in [4.78, 5) is 11.7. The van der Waals surface area contributed by atoms with Crippen LogP contribution < -0.4 is 4.74 Å². The number of hydrogen-bond acceptors (Lipinski definition) is 6. The maximum atomic E-state index is 11.7. The standard InChI is InChI=1S/C19H32N3O3S/c1-5-7-8-9-13-24-19-18(20-26-21-19)16-11-10-12-22(4,14-16)15(3)25-17(23)6-2/h11,15H,5-10,12-14H2,1-4H3/q+1. The molecule has 7 heteroatoms. The van der Waals surface area contributed by atoms with Gasteiger partial charge >= 0.3 is 5.97 Å². The molecule has 0 aromatic carbocycles. The molecule has 26 heavy (non-hydrogen) atoms. The Hall–Kier alpha value is -1.47. The van der Waals surface area contributed by atoms with Gasteiger partial charge in [0.05, 0.1) is 31.9 Å². The molecule has 0 saturated carbocycles. The van der Waals surface area contributed by atoms with Crippen molar-refractivity contribution in [3.05, 3.63) is 11.8 Å². The molecular weight excluding hydrogens is 350 g/mol. The Kier molecular flexibility index (Phi) is 8.03. The van der Waals surface area contributed by atoms with E-state index in [1.54, 1.807) is 0 Å². The van der Waals surface area contributed by atoms with Crippen LogP contribution in [0.5, 0.6) is 5.88 Å². The van der Waals surface area contributed by atoms with Crippen LogP contribution >= 0.6 is 11.7 Å². The first-order chi connectivity index (χ1) is 12.5. The third kappa shape index (κ3) is 5.51. The summed E-state index contributed by atoms with van der Waals surface area (Å²) in [5.41, 5.74) is 1.99. The van der Waals surface area contributed by atoms with Crippen LogP contribution in [0.1, 0.15) is 65.0 Å². The molecule has 0 radical (unpaired) electrons. The minimum absolute atomic E-state index is 0.153. The lowest BCUT2D eigenvalue weighted by Gasteiger charge is -2.41. The molecule has 1 aromatic heterocycles. The molecular formula is C19H32N3O3S+. The highest BCUT2D eigenvalue weighted by Crippen LogP contribution is 2.31. The van der Waals surface area contributed by atoms with Gasteiger partial charge in [0.2, 0.25) is 6.23 Å². The third-order valence-corrected chi connectivity index (χ3v) is 5.54. The third-order valence-electron chi connectivity index (χ3n) is 5.03. The lowest BCUT2D eigenvalue weighted by atomic mass is 10.0. The van der Waals surface area contributed by atoms with Crippen molar-refractivity contribution >= 4 is 23.3 Å². The summed E-state index contributed by atoms with van der Waals surface area (Å²) in [6.07, 6.45) is 8.04. The van der Waals surface area contributed by atoms with Crippen molar-refractivity contribution in [2.45, 2.75) is 65.5 Å². The first-order valence-electron chi connectivity index (χ1n) is 9.68. The Balaban J connectivity index is 2.00. The van der Waals surface area contributed by atoms with Crippen LogP contribution in [0.4, 0.5) is 0 Å². The van der Waals surface area contributed by atoms with Gasteiger partial charge in [0.1, 0.15) is 12.2 Å². The van der Waals surface area contributed by atoms with E-state index < -0.39 is 0 Å². The molecule has 1 aliphatic heterocycles. The Labute approximate surface area is 161 Å². The SMILES string of the molecule is CCCCCCOc1nsnc1C1=CCC[N+](C)(C(C)OC(=O)CC)C1. The van der Waals surface area contributed by atoms with Crippen LogP contribution in [0.25, 0.3) is 5.57 Å². The predicted molar refractivity (Wildman–Crippen MR) is 104 cm³/mol. The highest BCUT2D eigenvalue weighted by Gasteiger charge is 2.36. The number of likely N-dealkylation sites (N-methyl/N-ethyl adjacent to an activating group) is 1. The topological polar surface area (TPSA) is 61.3 Å². The van der Waals surface area contributed by atoms with Gasteiger partial charge in [-0.2, -0.15) is 4.37 Å². The molecule has 1 aliphatic rings. The monoisotopic (exact) mass is 382 g/mol. The largest absolute Gasteiger partial charge is 0.475 e. The molecule has 0 fully saturated rings. The van der Waals surface area contributed by atoms with E-state index in [2.05, 4.69) is 28.8 Å². The summed E-state index contributed by atoms with van der Waals surface area (Å²) in [7, 11) is 2.13. The van der Waals surface area contributed by atoms with E-state index in [9.17, 15) is 4.79 Å². The Morgan fingerprint density at radius 1 is 1.31 bits per heavy atom. The van der Waals surface area contributed by atoms with E-state index in [4.69, 9.17) is 9.47 Å². The zero-order valence-corrected chi connectivity index (χ0v) is 17.3. The Bertz CT molecular complexity index is 617. The summed E-state index contributed by atoms with van der Waals surface area (Å²) in [5, 5.41) is 0. The van der Waals surface area contributed by atoms with Gasteiger partial charge in [-0.15, -0.1) is 4.37 Å². The molecule has 2 heterocycles. The van der Waals surface area contributed by atoms with Gasteiger partial charge in [-0.25, -0.2) is 0 Å². The predicted octanol–water partition coefficient (Wildman–Crippen LogP) is 4.03. The van der Waals surface area contributed by atoms with Gasteiger partial charge in [0, 0.05) is 25.3 Å². The quantitative estimate of drug-likeness (QED) is 0.347. The molecule has 0 spiro atoms. The lowest BCUT2D eigenvalue weighted by Crippen LogP contribution is -2.55. The van der Waals surface area contributed by atoms with E-state index in [1.807, 2.05) is 13.8 Å². The second-order valence-corrected chi connectivity index (χ2v) is 7.68. The lowest BCUT2D eigenvalue weighted by molar-refractivity contribution is -0.944. The van der Waals surface area contributed by atoms with Crippen molar-refractivity contribution in [2.24, 2.45) is 0 Å². The van der Waals surface area contributed by atoms with Crippen molar-refractivity contribution in [2.75, 3.05) is 26.7 Å².